The zero-order valence-electron chi connectivity index (χ0n) is 12.7. The fourth-order valence-electron chi connectivity index (χ4n) is 2.00. The van der Waals surface area contributed by atoms with Gasteiger partial charge in [0.2, 0.25) is 0 Å². The molecule has 0 spiro atoms. The highest BCUT2D eigenvalue weighted by atomic mass is 15.1. The maximum atomic E-state index is 6.04. The van der Waals surface area contributed by atoms with E-state index in [9.17, 15) is 0 Å². The van der Waals surface area contributed by atoms with E-state index in [2.05, 4.69) is 70.8 Å². The van der Waals surface area contributed by atoms with E-state index >= 15 is 0 Å². The van der Waals surface area contributed by atoms with Crippen LogP contribution in [0.5, 0.6) is 0 Å². The molecule has 0 saturated heterocycles. The average Bonchev–Trinajstić information content (AvgIpc) is 2.35. The highest BCUT2D eigenvalue weighted by molar-refractivity contribution is 5.48. The van der Waals surface area contributed by atoms with Crippen molar-refractivity contribution in [2.45, 2.75) is 53.1 Å². The lowest BCUT2D eigenvalue weighted by Crippen LogP contribution is -2.39. The van der Waals surface area contributed by atoms with Gasteiger partial charge in [0.25, 0.3) is 0 Å². The first-order valence-electron chi connectivity index (χ1n) is 6.85. The molecule has 2 atom stereocenters. The van der Waals surface area contributed by atoms with Crippen LogP contribution in [0, 0.1) is 5.41 Å². The number of nitrogens with two attached hydrogens (primary N) is 1. The summed E-state index contributed by atoms with van der Waals surface area (Å²) in [5.74, 6) is 0. The minimum atomic E-state index is 0.157. The van der Waals surface area contributed by atoms with E-state index in [0.717, 1.165) is 6.42 Å². The van der Waals surface area contributed by atoms with Crippen molar-refractivity contribution < 1.29 is 0 Å². The molecule has 0 aromatic heterocycles. The molecule has 1 aromatic carbocycles. The van der Waals surface area contributed by atoms with Crippen LogP contribution in [0.2, 0.25) is 0 Å². The lowest BCUT2D eigenvalue weighted by molar-refractivity contribution is 0.330. The number of hydrogen-bond donors (Lipinski definition) is 1. The van der Waals surface area contributed by atoms with Gasteiger partial charge in [-0.05, 0) is 36.5 Å². The van der Waals surface area contributed by atoms with Gasteiger partial charge in [-0.3, -0.25) is 0 Å². The Morgan fingerprint density at radius 3 is 2.06 bits per heavy atom. The highest BCUT2D eigenvalue weighted by Crippen LogP contribution is 2.28. The molecular formula is C16H28N2. The van der Waals surface area contributed by atoms with Crippen LogP contribution >= 0.6 is 0 Å². The largest absolute Gasteiger partial charge is 0.371 e. The molecule has 0 fully saturated rings. The first kappa shape index (κ1) is 15.0. The smallest absolute Gasteiger partial charge is 0.0366 e. The van der Waals surface area contributed by atoms with Gasteiger partial charge >= 0.3 is 0 Å². The minimum absolute atomic E-state index is 0.157. The molecule has 2 unspecified atom stereocenters. The molecule has 1 aromatic rings. The zero-order chi connectivity index (χ0) is 13.9. The molecule has 0 aliphatic carbocycles. The predicted molar refractivity (Wildman–Crippen MR) is 81.0 cm³/mol. The number of benzene rings is 1. The van der Waals surface area contributed by atoms with Crippen molar-refractivity contribution >= 4 is 5.69 Å². The van der Waals surface area contributed by atoms with Crippen LogP contribution in [0.4, 0.5) is 5.69 Å². The molecule has 18 heavy (non-hydrogen) atoms. The fraction of sp³-hybridized carbons (Fsp3) is 0.625. The Morgan fingerprint density at radius 1 is 1.17 bits per heavy atom. The molecule has 0 aliphatic rings. The zero-order valence-corrected chi connectivity index (χ0v) is 12.7. The number of nitrogens with zero attached hydrogens (tertiary/aromatic N) is 1. The summed E-state index contributed by atoms with van der Waals surface area (Å²) >= 11 is 0. The molecule has 102 valence electrons. The van der Waals surface area contributed by atoms with Gasteiger partial charge in [-0.15, -0.1) is 0 Å². The average molecular weight is 248 g/mol. The quantitative estimate of drug-likeness (QED) is 0.873. The molecular weight excluding hydrogens is 220 g/mol. The van der Waals surface area contributed by atoms with E-state index < -0.39 is 0 Å². The maximum Gasteiger partial charge on any atom is 0.0366 e. The van der Waals surface area contributed by atoms with Crippen molar-refractivity contribution in [2.24, 2.45) is 11.1 Å². The van der Waals surface area contributed by atoms with Crippen LogP contribution in [0.3, 0.4) is 0 Å². The predicted octanol–water partition coefficient (Wildman–Crippen LogP) is 3.97. The fourth-order valence-corrected chi connectivity index (χ4v) is 2.00. The molecule has 0 saturated carbocycles. The lowest BCUT2D eigenvalue weighted by atomic mass is 9.87. The molecule has 0 aliphatic heterocycles. The normalized spacial score (nSPS) is 15.3. The van der Waals surface area contributed by atoms with Gasteiger partial charge in [0.1, 0.15) is 0 Å². The summed E-state index contributed by atoms with van der Waals surface area (Å²) in [6.07, 6.45) is 0.980. The first-order valence-corrected chi connectivity index (χ1v) is 6.85. The van der Waals surface area contributed by atoms with Crippen LogP contribution in [-0.4, -0.2) is 13.1 Å². The van der Waals surface area contributed by atoms with E-state index in [0.29, 0.717) is 6.04 Å². The standard InChI is InChI=1S/C16H28N2/c1-7-15(17)13-8-10-14(11-9-13)18(6)12(2)16(3,4)5/h8-12,15H,7,17H2,1-6H3. The molecule has 2 nitrogen and oxygen atoms in total. The molecule has 2 heteroatoms. The minimum Gasteiger partial charge on any atom is -0.371 e. The Bertz CT molecular complexity index is 362. The molecule has 0 radical (unpaired) electrons. The molecule has 2 N–H and O–H groups in total. The summed E-state index contributed by atoms with van der Waals surface area (Å²) in [5.41, 5.74) is 8.78. The van der Waals surface area contributed by atoms with Crippen LogP contribution in [0.25, 0.3) is 0 Å². The van der Waals surface area contributed by atoms with Crippen molar-refractivity contribution in [3.63, 3.8) is 0 Å². The van der Waals surface area contributed by atoms with Crippen molar-refractivity contribution in [2.75, 3.05) is 11.9 Å². The van der Waals surface area contributed by atoms with E-state index in [4.69, 9.17) is 5.73 Å². The third-order valence-corrected chi connectivity index (χ3v) is 4.00. The summed E-state index contributed by atoms with van der Waals surface area (Å²) in [6, 6.07) is 9.29. The lowest BCUT2D eigenvalue weighted by Gasteiger charge is -2.37. The Balaban J connectivity index is 2.85. The molecule has 0 heterocycles. The Kier molecular flexibility index (Phi) is 4.80. The second kappa shape index (κ2) is 5.75. The second-order valence-corrected chi connectivity index (χ2v) is 6.26. The number of rotatable bonds is 4. The molecule has 0 amide bonds. The van der Waals surface area contributed by atoms with Gasteiger partial charge in [0, 0.05) is 24.8 Å². The van der Waals surface area contributed by atoms with Gasteiger partial charge < -0.3 is 10.6 Å². The van der Waals surface area contributed by atoms with Gasteiger partial charge in [-0.25, -0.2) is 0 Å². The number of hydrogen-bond acceptors (Lipinski definition) is 2. The summed E-state index contributed by atoms with van der Waals surface area (Å²) < 4.78 is 0. The second-order valence-electron chi connectivity index (χ2n) is 6.26. The summed E-state index contributed by atoms with van der Waals surface area (Å²) in [6.45, 7) is 11.2. The van der Waals surface area contributed by atoms with E-state index in [1.54, 1.807) is 0 Å². The maximum absolute atomic E-state index is 6.04. The topological polar surface area (TPSA) is 29.3 Å². The van der Waals surface area contributed by atoms with Crippen LogP contribution in [0.1, 0.15) is 52.6 Å². The van der Waals surface area contributed by atoms with Crippen LogP contribution < -0.4 is 10.6 Å². The van der Waals surface area contributed by atoms with Crippen molar-refractivity contribution in [3.8, 4) is 0 Å². The molecule has 0 bridgehead atoms. The van der Waals surface area contributed by atoms with Gasteiger partial charge in [-0.1, -0.05) is 39.8 Å². The van der Waals surface area contributed by atoms with Crippen LogP contribution in [-0.2, 0) is 0 Å². The Morgan fingerprint density at radius 2 is 1.67 bits per heavy atom. The van der Waals surface area contributed by atoms with E-state index in [-0.39, 0.29) is 11.5 Å². The SMILES string of the molecule is CCC(N)c1ccc(N(C)C(C)C(C)(C)C)cc1. The van der Waals surface area contributed by atoms with Gasteiger partial charge in [-0.2, -0.15) is 0 Å². The van der Waals surface area contributed by atoms with Gasteiger partial charge in [0.15, 0.2) is 0 Å². The van der Waals surface area contributed by atoms with Crippen molar-refractivity contribution in [1.82, 2.24) is 0 Å². The van der Waals surface area contributed by atoms with E-state index in [1.165, 1.54) is 11.3 Å². The Labute approximate surface area is 112 Å². The summed E-state index contributed by atoms with van der Waals surface area (Å²) in [4.78, 5) is 2.33. The van der Waals surface area contributed by atoms with Crippen LogP contribution in [0.15, 0.2) is 24.3 Å². The Hall–Kier alpha value is -1.02. The molecule has 1 rings (SSSR count). The van der Waals surface area contributed by atoms with E-state index in [1.807, 2.05) is 0 Å². The third kappa shape index (κ3) is 3.49. The van der Waals surface area contributed by atoms with Crippen molar-refractivity contribution in [1.29, 1.82) is 0 Å². The highest BCUT2D eigenvalue weighted by Gasteiger charge is 2.24. The van der Waals surface area contributed by atoms with Gasteiger partial charge in [0.05, 0.1) is 0 Å². The summed E-state index contributed by atoms with van der Waals surface area (Å²) in [5, 5.41) is 0. The summed E-state index contributed by atoms with van der Waals surface area (Å²) in [7, 11) is 2.16. The van der Waals surface area contributed by atoms with Crippen molar-refractivity contribution in [3.05, 3.63) is 29.8 Å². The monoisotopic (exact) mass is 248 g/mol. The first-order chi connectivity index (χ1) is 8.27. The third-order valence-electron chi connectivity index (χ3n) is 4.00. The number of anilines is 1.